The summed E-state index contributed by atoms with van der Waals surface area (Å²) in [6, 6.07) is 9.04. The van der Waals surface area contributed by atoms with Crippen molar-refractivity contribution < 1.29 is 9.53 Å². The van der Waals surface area contributed by atoms with E-state index < -0.39 is 5.60 Å². The van der Waals surface area contributed by atoms with Gasteiger partial charge in [-0.1, -0.05) is 23.7 Å². The van der Waals surface area contributed by atoms with Crippen molar-refractivity contribution >= 4 is 17.7 Å². The van der Waals surface area contributed by atoms with E-state index in [0.29, 0.717) is 12.1 Å². The number of benzene rings is 1. The van der Waals surface area contributed by atoms with E-state index in [1.165, 1.54) is 5.56 Å². The van der Waals surface area contributed by atoms with Gasteiger partial charge < -0.3 is 15.4 Å². The zero-order valence-electron chi connectivity index (χ0n) is 14.4. The molecule has 1 aromatic rings. The van der Waals surface area contributed by atoms with Crippen LogP contribution < -0.4 is 10.6 Å². The zero-order valence-corrected chi connectivity index (χ0v) is 15.1. The number of carbonyl (C=O) groups excluding carboxylic acids is 1. The largest absolute Gasteiger partial charge is 0.444 e. The lowest BCUT2D eigenvalue weighted by Gasteiger charge is -2.38. The van der Waals surface area contributed by atoms with Gasteiger partial charge in [-0.05, 0) is 64.7 Å². The van der Waals surface area contributed by atoms with Crippen molar-refractivity contribution in [2.75, 3.05) is 0 Å². The fourth-order valence-electron chi connectivity index (χ4n) is 2.78. The molecule has 1 fully saturated rings. The average Bonchev–Trinajstić information content (AvgIpc) is 2.37. The topological polar surface area (TPSA) is 50.4 Å². The summed E-state index contributed by atoms with van der Waals surface area (Å²) in [5, 5.41) is 7.29. The van der Waals surface area contributed by atoms with Gasteiger partial charge in [-0.25, -0.2) is 4.79 Å². The summed E-state index contributed by atoms with van der Waals surface area (Å²) in [4.78, 5) is 11.7. The minimum absolute atomic E-state index is 0.213. The number of carbonyl (C=O) groups is 1. The number of ether oxygens (including phenoxy) is 1. The Hall–Kier alpha value is -1.26. The van der Waals surface area contributed by atoms with Crippen molar-refractivity contribution in [1.82, 2.24) is 10.6 Å². The molecule has 0 heterocycles. The van der Waals surface area contributed by atoms with Crippen LogP contribution in [0.4, 0.5) is 4.79 Å². The summed E-state index contributed by atoms with van der Waals surface area (Å²) in [5.41, 5.74) is 0.829. The lowest BCUT2D eigenvalue weighted by molar-refractivity contribution is 0.0463. The van der Waals surface area contributed by atoms with E-state index in [0.717, 1.165) is 24.3 Å². The Balaban J connectivity index is 1.65. The van der Waals surface area contributed by atoms with E-state index in [2.05, 4.69) is 29.7 Å². The Bertz CT molecular complexity index is 519. The molecule has 23 heavy (non-hydrogen) atoms. The highest BCUT2D eigenvalue weighted by atomic mass is 35.5. The van der Waals surface area contributed by atoms with Crippen LogP contribution >= 0.6 is 11.6 Å². The Labute approximate surface area is 143 Å². The molecule has 1 aliphatic carbocycles. The quantitative estimate of drug-likeness (QED) is 0.855. The van der Waals surface area contributed by atoms with Crippen molar-refractivity contribution in [3.63, 3.8) is 0 Å². The smallest absolute Gasteiger partial charge is 0.407 e. The molecule has 0 radical (unpaired) electrons. The fraction of sp³-hybridized carbons (Fsp3) is 0.611. The molecule has 5 heteroatoms. The maximum absolute atomic E-state index is 11.7. The number of hydrogen-bond acceptors (Lipinski definition) is 3. The van der Waals surface area contributed by atoms with Gasteiger partial charge in [-0.3, -0.25) is 0 Å². The molecule has 2 N–H and O–H groups in total. The second-order valence-corrected chi connectivity index (χ2v) is 7.85. The normalized spacial score (nSPS) is 22.1. The summed E-state index contributed by atoms with van der Waals surface area (Å²) in [7, 11) is 0. The van der Waals surface area contributed by atoms with Crippen LogP contribution in [0.5, 0.6) is 0 Å². The van der Waals surface area contributed by atoms with Gasteiger partial charge in [-0.15, -0.1) is 0 Å². The fourth-order valence-corrected chi connectivity index (χ4v) is 2.91. The molecule has 0 saturated heterocycles. The Kier molecular flexibility index (Phi) is 5.93. The molecule has 1 unspecified atom stereocenters. The van der Waals surface area contributed by atoms with E-state index in [-0.39, 0.29) is 12.1 Å². The highest BCUT2D eigenvalue weighted by Crippen LogP contribution is 2.22. The van der Waals surface area contributed by atoms with Crippen LogP contribution in [-0.2, 0) is 11.2 Å². The highest BCUT2D eigenvalue weighted by molar-refractivity contribution is 6.30. The molecule has 0 aliphatic heterocycles. The minimum Gasteiger partial charge on any atom is -0.444 e. The van der Waals surface area contributed by atoms with Gasteiger partial charge >= 0.3 is 6.09 Å². The van der Waals surface area contributed by atoms with Gasteiger partial charge in [0.25, 0.3) is 0 Å². The van der Waals surface area contributed by atoms with Crippen molar-refractivity contribution in [2.45, 2.75) is 70.7 Å². The summed E-state index contributed by atoms with van der Waals surface area (Å²) in [6.45, 7) is 7.80. The van der Waals surface area contributed by atoms with Gasteiger partial charge in [0.15, 0.2) is 0 Å². The number of halogens is 1. The molecule has 1 saturated carbocycles. The first kappa shape index (κ1) is 18.1. The van der Waals surface area contributed by atoms with Crippen LogP contribution in [0, 0.1) is 0 Å². The first-order chi connectivity index (χ1) is 10.7. The van der Waals surface area contributed by atoms with E-state index in [4.69, 9.17) is 16.3 Å². The maximum atomic E-state index is 11.7. The van der Waals surface area contributed by atoms with Crippen LogP contribution in [0.1, 0.15) is 46.1 Å². The van der Waals surface area contributed by atoms with Crippen molar-refractivity contribution in [1.29, 1.82) is 0 Å². The van der Waals surface area contributed by atoms with E-state index >= 15 is 0 Å². The molecule has 1 aromatic carbocycles. The summed E-state index contributed by atoms with van der Waals surface area (Å²) < 4.78 is 5.27. The molecular weight excluding hydrogens is 312 g/mol. The van der Waals surface area contributed by atoms with Crippen LogP contribution in [0.3, 0.4) is 0 Å². The third-order valence-electron chi connectivity index (χ3n) is 3.83. The predicted octanol–water partition coefficient (Wildman–Crippen LogP) is 3.92. The Morgan fingerprint density at radius 1 is 1.26 bits per heavy atom. The molecule has 1 aliphatic rings. The lowest BCUT2D eigenvalue weighted by atomic mass is 9.86. The third-order valence-corrected chi connectivity index (χ3v) is 4.09. The SMILES string of the molecule is CC(Cc1ccc(Cl)cc1)NC1CC(NC(=O)OC(C)(C)C)C1. The Morgan fingerprint density at radius 3 is 2.43 bits per heavy atom. The minimum atomic E-state index is -0.446. The maximum Gasteiger partial charge on any atom is 0.407 e. The first-order valence-electron chi connectivity index (χ1n) is 8.21. The first-order valence-corrected chi connectivity index (χ1v) is 8.59. The van der Waals surface area contributed by atoms with E-state index in [1.807, 2.05) is 32.9 Å². The number of nitrogens with one attached hydrogen (secondary N) is 2. The molecule has 0 bridgehead atoms. The standard InChI is InChI=1S/C18H27ClN2O2/c1-12(9-13-5-7-14(19)8-6-13)20-15-10-16(11-15)21-17(22)23-18(2,3)4/h5-8,12,15-16,20H,9-11H2,1-4H3,(H,21,22). The number of rotatable bonds is 5. The molecule has 0 aromatic heterocycles. The van der Waals surface area contributed by atoms with Crippen LogP contribution in [0.15, 0.2) is 24.3 Å². The number of alkyl carbamates (subject to hydrolysis) is 1. The second kappa shape index (κ2) is 7.54. The van der Waals surface area contributed by atoms with Gasteiger partial charge in [0.05, 0.1) is 0 Å². The van der Waals surface area contributed by atoms with Gasteiger partial charge in [0.2, 0.25) is 0 Å². The molecule has 128 valence electrons. The summed E-state index contributed by atoms with van der Waals surface area (Å²) in [6.07, 6.45) is 2.54. The number of amides is 1. The summed E-state index contributed by atoms with van der Waals surface area (Å²) in [5.74, 6) is 0. The summed E-state index contributed by atoms with van der Waals surface area (Å²) >= 11 is 5.90. The highest BCUT2D eigenvalue weighted by Gasteiger charge is 2.32. The van der Waals surface area contributed by atoms with Crippen LogP contribution in [0.2, 0.25) is 5.02 Å². The number of hydrogen-bond donors (Lipinski definition) is 2. The van der Waals surface area contributed by atoms with Crippen molar-refractivity contribution in [2.24, 2.45) is 0 Å². The Morgan fingerprint density at radius 2 is 1.87 bits per heavy atom. The third kappa shape index (κ3) is 6.40. The zero-order chi connectivity index (χ0) is 17.0. The molecule has 2 rings (SSSR count). The van der Waals surface area contributed by atoms with Crippen molar-refractivity contribution in [3.05, 3.63) is 34.9 Å². The van der Waals surface area contributed by atoms with Crippen molar-refractivity contribution in [3.8, 4) is 0 Å². The molecule has 1 amide bonds. The molecular formula is C18H27ClN2O2. The van der Waals surface area contributed by atoms with E-state index in [9.17, 15) is 4.79 Å². The average molecular weight is 339 g/mol. The van der Waals surface area contributed by atoms with Gasteiger partial charge in [-0.2, -0.15) is 0 Å². The van der Waals surface area contributed by atoms with E-state index in [1.54, 1.807) is 0 Å². The van der Waals surface area contributed by atoms with Crippen LogP contribution in [0.25, 0.3) is 0 Å². The van der Waals surface area contributed by atoms with Crippen LogP contribution in [-0.4, -0.2) is 29.8 Å². The van der Waals surface area contributed by atoms with Gasteiger partial charge in [0.1, 0.15) is 5.60 Å². The second-order valence-electron chi connectivity index (χ2n) is 7.41. The molecule has 1 atom stereocenters. The lowest BCUT2D eigenvalue weighted by Crippen LogP contribution is -2.55. The van der Waals surface area contributed by atoms with Gasteiger partial charge in [0, 0.05) is 23.1 Å². The predicted molar refractivity (Wildman–Crippen MR) is 93.9 cm³/mol. The molecule has 4 nitrogen and oxygen atoms in total. The molecule has 0 spiro atoms. The monoisotopic (exact) mass is 338 g/mol.